The molecule has 0 amide bonds. The Kier molecular flexibility index (Phi) is 3.57. The predicted octanol–water partition coefficient (Wildman–Crippen LogP) is 5.46. The van der Waals surface area contributed by atoms with Crippen molar-refractivity contribution >= 4 is 11.8 Å². The Hall–Kier alpha value is -0.430. The molecule has 0 saturated heterocycles. The van der Waals surface area contributed by atoms with Gasteiger partial charge >= 0.3 is 0 Å². The predicted molar refractivity (Wildman–Crippen MR) is 82.9 cm³/mol. The highest BCUT2D eigenvalue weighted by atomic mass is 32.2. The van der Waals surface area contributed by atoms with E-state index >= 15 is 0 Å². The van der Waals surface area contributed by atoms with Gasteiger partial charge in [-0.2, -0.15) is 0 Å². The first-order valence-corrected chi connectivity index (χ1v) is 8.05. The van der Waals surface area contributed by atoms with Gasteiger partial charge in [0.1, 0.15) is 0 Å². The molecule has 1 aromatic rings. The van der Waals surface area contributed by atoms with Gasteiger partial charge in [-0.15, -0.1) is 11.8 Å². The van der Waals surface area contributed by atoms with E-state index in [0.717, 1.165) is 5.75 Å². The smallest absolute Gasteiger partial charge is 0.0104 e. The van der Waals surface area contributed by atoms with Gasteiger partial charge in [-0.05, 0) is 59.1 Å². The Morgan fingerprint density at radius 3 is 2.00 bits per heavy atom. The summed E-state index contributed by atoms with van der Waals surface area (Å²) < 4.78 is 0. The second kappa shape index (κ2) is 4.59. The summed E-state index contributed by atoms with van der Waals surface area (Å²) in [6.07, 6.45) is 2.60. The third kappa shape index (κ3) is 2.34. The van der Waals surface area contributed by atoms with Crippen molar-refractivity contribution in [1.82, 2.24) is 0 Å². The van der Waals surface area contributed by atoms with Crippen molar-refractivity contribution < 1.29 is 0 Å². The quantitative estimate of drug-likeness (QED) is 0.638. The van der Waals surface area contributed by atoms with Crippen LogP contribution in [0.1, 0.15) is 64.2 Å². The molecule has 1 heteroatoms. The molecule has 18 heavy (non-hydrogen) atoms. The summed E-state index contributed by atoms with van der Waals surface area (Å²) in [5, 5.41) is 0. The van der Waals surface area contributed by atoms with Crippen molar-refractivity contribution in [2.75, 3.05) is 5.75 Å². The van der Waals surface area contributed by atoms with E-state index < -0.39 is 0 Å². The van der Waals surface area contributed by atoms with Gasteiger partial charge in [0.05, 0.1) is 0 Å². The number of hydrogen-bond donors (Lipinski definition) is 0. The first-order chi connectivity index (χ1) is 8.28. The topological polar surface area (TPSA) is 0 Å². The fraction of sp³-hybridized carbons (Fsp3) is 0.647. The second-order valence-electron chi connectivity index (χ2n) is 6.86. The molecule has 1 aliphatic rings. The van der Waals surface area contributed by atoms with Gasteiger partial charge in [-0.25, -0.2) is 0 Å². The normalized spacial score (nSPS) is 20.6. The van der Waals surface area contributed by atoms with Gasteiger partial charge in [-0.3, -0.25) is 0 Å². The molecular weight excluding hydrogens is 236 g/mol. The maximum Gasteiger partial charge on any atom is 0.0104 e. The standard InChI is InChI=1S/C17H26S/c1-7-18-15-11-14-13(10-12(15)2)16(3,4)8-9-17(14,5)6/h10-11H,7-9H2,1-6H3. The summed E-state index contributed by atoms with van der Waals surface area (Å²) in [6, 6.07) is 4.92. The molecule has 0 aliphatic heterocycles. The lowest BCUT2D eigenvalue weighted by atomic mass is 9.63. The van der Waals surface area contributed by atoms with E-state index in [0.29, 0.717) is 10.8 Å². The zero-order valence-electron chi connectivity index (χ0n) is 12.7. The number of thioether (sulfide) groups is 1. The van der Waals surface area contributed by atoms with Crippen molar-refractivity contribution in [3.63, 3.8) is 0 Å². The van der Waals surface area contributed by atoms with Crippen molar-refractivity contribution in [2.24, 2.45) is 0 Å². The van der Waals surface area contributed by atoms with E-state index in [9.17, 15) is 0 Å². The van der Waals surface area contributed by atoms with Crippen LogP contribution < -0.4 is 0 Å². The first kappa shape index (κ1) is 14.0. The molecule has 0 atom stereocenters. The molecule has 100 valence electrons. The average Bonchev–Trinajstić information content (AvgIpc) is 2.27. The lowest BCUT2D eigenvalue weighted by Gasteiger charge is -2.42. The van der Waals surface area contributed by atoms with Gasteiger partial charge < -0.3 is 0 Å². The maximum absolute atomic E-state index is 2.47. The van der Waals surface area contributed by atoms with Gasteiger partial charge in [0.25, 0.3) is 0 Å². The Balaban J connectivity index is 2.61. The molecule has 0 fully saturated rings. The summed E-state index contributed by atoms with van der Waals surface area (Å²) >= 11 is 1.98. The Labute approximate surface area is 117 Å². The molecule has 1 aliphatic carbocycles. The van der Waals surface area contributed by atoms with Gasteiger partial charge in [0, 0.05) is 4.90 Å². The highest BCUT2D eigenvalue weighted by Crippen LogP contribution is 2.47. The SMILES string of the molecule is CCSc1cc2c(cc1C)C(C)(C)CCC2(C)C. The summed E-state index contributed by atoms with van der Waals surface area (Å²) in [5.74, 6) is 1.16. The summed E-state index contributed by atoms with van der Waals surface area (Å²) in [4.78, 5) is 1.47. The lowest BCUT2D eigenvalue weighted by molar-refractivity contribution is 0.331. The van der Waals surface area contributed by atoms with Crippen molar-refractivity contribution in [2.45, 2.75) is 70.1 Å². The van der Waals surface area contributed by atoms with Crippen LogP contribution in [-0.2, 0) is 10.8 Å². The fourth-order valence-electron chi connectivity index (χ4n) is 3.01. The van der Waals surface area contributed by atoms with Crippen LogP contribution in [0.25, 0.3) is 0 Å². The van der Waals surface area contributed by atoms with Gasteiger partial charge in [0.2, 0.25) is 0 Å². The lowest BCUT2D eigenvalue weighted by Crippen LogP contribution is -2.34. The van der Waals surface area contributed by atoms with Gasteiger partial charge in [-0.1, -0.05) is 40.7 Å². The molecule has 0 unspecified atom stereocenters. The van der Waals surface area contributed by atoms with E-state index in [4.69, 9.17) is 0 Å². The van der Waals surface area contributed by atoms with Crippen molar-refractivity contribution in [1.29, 1.82) is 0 Å². The third-order valence-electron chi connectivity index (χ3n) is 4.45. The molecule has 0 spiro atoms. The van der Waals surface area contributed by atoms with E-state index in [1.165, 1.54) is 23.3 Å². The van der Waals surface area contributed by atoms with E-state index in [-0.39, 0.29) is 0 Å². The highest BCUT2D eigenvalue weighted by molar-refractivity contribution is 7.99. The Morgan fingerprint density at radius 2 is 1.50 bits per heavy atom. The Morgan fingerprint density at radius 1 is 1.00 bits per heavy atom. The molecule has 0 nitrogen and oxygen atoms in total. The van der Waals surface area contributed by atoms with Crippen LogP contribution in [0, 0.1) is 6.92 Å². The van der Waals surface area contributed by atoms with Crippen LogP contribution in [0.3, 0.4) is 0 Å². The van der Waals surface area contributed by atoms with E-state index in [2.05, 4.69) is 53.7 Å². The molecule has 0 saturated carbocycles. The Bertz CT molecular complexity index is 455. The van der Waals surface area contributed by atoms with Crippen LogP contribution in [0.2, 0.25) is 0 Å². The molecule has 1 aromatic carbocycles. The van der Waals surface area contributed by atoms with Crippen molar-refractivity contribution in [3.8, 4) is 0 Å². The number of hydrogen-bond acceptors (Lipinski definition) is 1. The minimum absolute atomic E-state index is 0.335. The zero-order chi connectivity index (χ0) is 13.6. The minimum atomic E-state index is 0.335. The maximum atomic E-state index is 2.47. The summed E-state index contributed by atoms with van der Waals surface area (Å²) in [6.45, 7) is 14.1. The zero-order valence-corrected chi connectivity index (χ0v) is 13.5. The molecule has 0 aromatic heterocycles. The van der Waals surface area contributed by atoms with Crippen LogP contribution in [0.5, 0.6) is 0 Å². The van der Waals surface area contributed by atoms with E-state index in [1.54, 1.807) is 11.1 Å². The largest absolute Gasteiger partial charge is 0.126 e. The van der Waals surface area contributed by atoms with Crippen LogP contribution in [0.15, 0.2) is 17.0 Å². The van der Waals surface area contributed by atoms with Gasteiger partial charge in [0.15, 0.2) is 0 Å². The van der Waals surface area contributed by atoms with Crippen LogP contribution in [0.4, 0.5) is 0 Å². The number of fused-ring (bicyclic) bond motifs is 1. The second-order valence-corrected chi connectivity index (χ2v) is 8.17. The molecule has 0 bridgehead atoms. The number of rotatable bonds is 2. The highest BCUT2D eigenvalue weighted by Gasteiger charge is 2.37. The molecule has 0 radical (unpaired) electrons. The third-order valence-corrected chi connectivity index (χ3v) is 5.49. The molecule has 2 rings (SSSR count). The summed E-state index contributed by atoms with van der Waals surface area (Å²) in [5.41, 5.74) is 5.29. The van der Waals surface area contributed by atoms with Crippen molar-refractivity contribution in [3.05, 3.63) is 28.8 Å². The van der Waals surface area contributed by atoms with Crippen LogP contribution in [-0.4, -0.2) is 5.75 Å². The molecule has 0 heterocycles. The average molecular weight is 262 g/mol. The van der Waals surface area contributed by atoms with E-state index in [1.807, 2.05) is 11.8 Å². The van der Waals surface area contributed by atoms with Crippen LogP contribution >= 0.6 is 11.8 Å². The minimum Gasteiger partial charge on any atom is -0.126 e. The molecular formula is C17H26S. The fourth-order valence-corrected chi connectivity index (χ4v) is 3.81. The summed E-state index contributed by atoms with van der Waals surface area (Å²) in [7, 11) is 0. The molecule has 0 N–H and O–H groups in total. The number of benzene rings is 1. The first-order valence-electron chi connectivity index (χ1n) is 7.06. The number of aryl methyl sites for hydroxylation is 1. The monoisotopic (exact) mass is 262 g/mol.